The van der Waals surface area contributed by atoms with E-state index in [0.29, 0.717) is 0 Å². The van der Waals surface area contributed by atoms with Crippen molar-refractivity contribution in [3.63, 3.8) is 0 Å². The van der Waals surface area contributed by atoms with Crippen LogP contribution in [-0.4, -0.2) is 0 Å². The zero-order valence-electron chi connectivity index (χ0n) is 4.49. The Morgan fingerprint density at radius 1 is 1.11 bits per heavy atom. The van der Waals surface area contributed by atoms with Crippen molar-refractivity contribution >= 4 is 5.69 Å². The molecule has 0 spiro atoms. The van der Waals surface area contributed by atoms with Gasteiger partial charge in [0.2, 0.25) is 0 Å². The first-order valence-corrected chi connectivity index (χ1v) is 2.37. The lowest BCUT2D eigenvalue weighted by molar-refractivity contribution is 0.509. The van der Waals surface area contributed by atoms with Gasteiger partial charge in [-0.3, -0.25) is 0 Å². The van der Waals surface area contributed by atoms with Crippen LogP contribution in [0.1, 0.15) is 0 Å². The van der Waals surface area contributed by atoms with Gasteiger partial charge in [0.05, 0.1) is 0 Å². The standard InChI is InChI=1S/C6H4F2N/c7-5-2-1-4(9)3-6(5)8/h1-3,9H/q-1. The molecule has 0 aliphatic heterocycles. The van der Waals surface area contributed by atoms with Crippen LogP contribution in [0.2, 0.25) is 0 Å². The van der Waals surface area contributed by atoms with Gasteiger partial charge in [-0.25, -0.2) is 8.78 Å². The number of benzene rings is 1. The van der Waals surface area contributed by atoms with E-state index in [1.54, 1.807) is 0 Å². The van der Waals surface area contributed by atoms with Crippen molar-refractivity contribution in [2.75, 3.05) is 0 Å². The van der Waals surface area contributed by atoms with Crippen molar-refractivity contribution in [2.24, 2.45) is 0 Å². The Morgan fingerprint density at radius 2 is 1.78 bits per heavy atom. The first kappa shape index (κ1) is 6.01. The van der Waals surface area contributed by atoms with Crippen LogP contribution in [0.3, 0.4) is 0 Å². The number of rotatable bonds is 0. The zero-order chi connectivity index (χ0) is 6.85. The van der Waals surface area contributed by atoms with Crippen LogP contribution in [0.25, 0.3) is 5.73 Å². The van der Waals surface area contributed by atoms with Gasteiger partial charge < -0.3 is 5.73 Å². The normalized spacial score (nSPS) is 9.56. The molecule has 0 saturated heterocycles. The summed E-state index contributed by atoms with van der Waals surface area (Å²) in [5.74, 6) is -1.88. The molecule has 0 atom stereocenters. The predicted molar refractivity (Wildman–Crippen MR) is 30.3 cm³/mol. The van der Waals surface area contributed by atoms with Gasteiger partial charge in [0.1, 0.15) is 0 Å². The second-order valence-corrected chi connectivity index (χ2v) is 1.63. The molecule has 9 heavy (non-hydrogen) atoms. The second kappa shape index (κ2) is 2.01. The average molecular weight is 128 g/mol. The maximum absolute atomic E-state index is 12.1. The molecule has 0 amide bonds. The van der Waals surface area contributed by atoms with Gasteiger partial charge in [-0.1, -0.05) is 6.07 Å². The summed E-state index contributed by atoms with van der Waals surface area (Å²) >= 11 is 0. The molecule has 1 nitrogen and oxygen atoms in total. The molecule has 3 heteroatoms. The lowest BCUT2D eigenvalue weighted by Gasteiger charge is -2.00. The Balaban J connectivity index is 3.17. The fourth-order valence-electron chi connectivity index (χ4n) is 0.496. The van der Waals surface area contributed by atoms with Crippen LogP contribution in [0, 0.1) is 11.6 Å². The summed E-state index contributed by atoms with van der Waals surface area (Å²) in [5.41, 5.74) is 6.81. The summed E-state index contributed by atoms with van der Waals surface area (Å²) in [6.07, 6.45) is 0. The maximum Gasteiger partial charge on any atom is 0.158 e. The molecule has 1 rings (SSSR count). The van der Waals surface area contributed by atoms with E-state index in [2.05, 4.69) is 0 Å². The van der Waals surface area contributed by atoms with Crippen LogP contribution in [-0.2, 0) is 0 Å². The highest BCUT2D eigenvalue weighted by atomic mass is 19.2. The van der Waals surface area contributed by atoms with E-state index in [9.17, 15) is 8.78 Å². The van der Waals surface area contributed by atoms with E-state index < -0.39 is 11.6 Å². The minimum absolute atomic E-state index is 0.0195. The van der Waals surface area contributed by atoms with E-state index >= 15 is 0 Å². The molecule has 1 N–H and O–H groups in total. The van der Waals surface area contributed by atoms with Crippen molar-refractivity contribution in [1.29, 1.82) is 0 Å². The molecule has 0 aliphatic rings. The van der Waals surface area contributed by atoms with E-state index in [4.69, 9.17) is 5.73 Å². The highest BCUT2D eigenvalue weighted by molar-refractivity contribution is 5.42. The van der Waals surface area contributed by atoms with Crippen LogP contribution in [0.5, 0.6) is 0 Å². The summed E-state index contributed by atoms with van der Waals surface area (Å²) in [6.45, 7) is 0. The Kier molecular flexibility index (Phi) is 1.34. The lowest BCUT2D eigenvalue weighted by atomic mass is 10.3. The molecule has 0 fully saturated rings. The molecule has 0 radical (unpaired) electrons. The van der Waals surface area contributed by atoms with E-state index in [1.807, 2.05) is 0 Å². The summed E-state index contributed by atoms with van der Waals surface area (Å²) in [6, 6.07) is 2.95. The number of nitrogens with one attached hydrogen (secondary N) is 1. The Bertz CT molecular complexity index is 222. The molecular weight excluding hydrogens is 124 g/mol. The summed E-state index contributed by atoms with van der Waals surface area (Å²) in [4.78, 5) is 0. The number of hydrogen-bond acceptors (Lipinski definition) is 0. The zero-order valence-corrected chi connectivity index (χ0v) is 4.49. The van der Waals surface area contributed by atoms with Crippen LogP contribution < -0.4 is 0 Å². The van der Waals surface area contributed by atoms with Crippen LogP contribution in [0.15, 0.2) is 18.2 Å². The van der Waals surface area contributed by atoms with Crippen molar-refractivity contribution in [3.8, 4) is 0 Å². The van der Waals surface area contributed by atoms with Crippen LogP contribution in [0.4, 0.5) is 14.5 Å². The topological polar surface area (TPSA) is 23.8 Å². The van der Waals surface area contributed by atoms with Gasteiger partial charge in [-0.15, -0.1) is 5.69 Å². The molecule has 1 aromatic carbocycles. The van der Waals surface area contributed by atoms with Gasteiger partial charge in [0.15, 0.2) is 11.6 Å². The third-order valence-corrected chi connectivity index (χ3v) is 0.920. The number of hydrogen-bond donors (Lipinski definition) is 0. The summed E-state index contributed by atoms with van der Waals surface area (Å²) < 4.78 is 24.1. The number of halogens is 2. The molecule has 0 bridgehead atoms. The second-order valence-electron chi connectivity index (χ2n) is 1.63. The predicted octanol–water partition coefficient (Wildman–Crippen LogP) is 2.65. The molecular formula is C6H4F2N-. The quantitative estimate of drug-likeness (QED) is 0.512. The first-order valence-electron chi connectivity index (χ1n) is 2.37. The molecule has 48 valence electrons. The van der Waals surface area contributed by atoms with Crippen molar-refractivity contribution in [1.82, 2.24) is 0 Å². The average Bonchev–Trinajstić information content (AvgIpc) is 1.80. The molecule has 0 aromatic heterocycles. The third kappa shape index (κ3) is 1.16. The lowest BCUT2D eigenvalue weighted by Crippen LogP contribution is -1.78. The monoisotopic (exact) mass is 128 g/mol. The van der Waals surface area contributed by atoms with Gasteiger partial charge in [0, 0.05) is 0 Å². The molecule has 0 heterocycles. The van der Waals surface area contributed by atoms with E-state index in [-0.39, 0.29) is 5.69 Å². The first-order chi connectivity index (χ1) is 4.20. The Hall–Kier alpha value is -1.12. The Labute approximate surface area is 51.1 Å². The fraction of sp³-hybridized carbons (Fsp3) is 0. The van der Waals surface area contributed by atoms with Gasteiger partial charge in [-0.2, -0.15) is 0 Å². The molecule has 1 aromatic rings. The minimum atomic E-state index is -0.970. The van der Waals surface area contributed by atoms with Crippen LogP contribution >= 0.6 is 0 Å². The molecule has 0 saturated carbocycles. The molecule has 0 aliphatic carbocycles. The summed E-state index contributed by atoms with van der Waals surface area (Å²) in [7, 11) is 0. The fourth-order valence-corrected chi connectivity index (χ4v) is 0.496. The highest BCUT2D eigenvalue weighted by Gasteiger charge is 1.95. The van der Waals surface area contributed by atoms with Crippen molar-refractivity contribution < 1.29 is 8.78 Å². The SMILES string of the molecule is [NH-]c1ccc(F)c(F)c1. The van der Waals surface area contributed by atoms with Gasteiger partial charge in [-0.05, 0) is 12.1 Å². The highest BCUT2D eigenvalue weighted by Crippen LogP contribution is 2.13. The maximum atomic E-state index is 12.1. The van der Waals surface area contributed by atoms with E-state index in [1.165, 1.54) is 6.07 Å². The smallest absolute Gasteiger partial charge is 0.158 e. The van der Waals surface area contributed by atoms with E-state index in [0.717, 1.165) is 12.1 Å². The molecule has 0 unspecified atom stereocenters. The minimum Gasteiger partial charge on any atom is -0.699 e. The van der Waals surface area contributed by atoms with Crippen molar-refractivity contribution in [2.45, 2.75) is 0 Å². The largest absolute Gasteiger partial charge is 0.699 e. The Morgan fingerprint density at radius 3 is 2.22 bits per heavy atom. The van der Waals surface area contributed by atoms with Gasteiger partial charge >= 0.3 is 0 Å². The van der Waals surface area contributed by atoms with Gasteiger partial charge in [0.25, 0.3) is 0 Å². The summed E-state index contributed by atoms with van der Waals surface area (Å²) in [5, 5.41) is 0. The van der Waals surface area contributed by atoms with Crippen molar-refractivity contribution in [3.05, 3.63) is 35.6 Å². The third-order valence-electron chi connectivity index (χ3n) is 0.920.